The summed E-state index contributed by atoms with van der Waals surface area (Å²) in [6.45, 7) is 8.07. The maximum atomic E-state index is 12.9. The molecule has 2 aromatic carbocycles. The van der Waals surface area contributed by atoms with Crippen LogP contribution in [-0.4, -0.2) is 19.9 Å². The highest BCUT2D eigenvalue weighted by atomic mass is 35.5. The molecule has 0 fully saturated rings. The molecule has 0 bridgehead atoms. The van der Waals surface area contributed by atoms with Crippen molar-refractivity contribution in [1.82, 2.24) is 13.8 Å². The molecule has 0 saturated heterocycles. The van der Waals surface area contributed by atoms with Gasteiger partial charge in [-0.25, -0.2) is 9.79 Å². The van der Waals surface area contributed by atoms with Gasteiger partial charge in [0.2, 0.25) is 5.62 Å². The lowest BCUT2D eigenvalue weighted by Crippen LogP contribution is -2.50. The number of ether oxygens (including phenoxy) is 1. The topological polar surface area (TPSA) is 79.5 Å². The van der Waals surface area contributed by atoms with Crippen LogP contribution in [0.2, 0.25) is 5.02 Å². The molecule has 164 valence electrons. The molecular weight excluding hydrogens is 434 g/mol. The Hall–Kier alpha value is -2.84. The molecule has 0 amide bonds. The summed E-state index contributed by atoms with van der Waals surface area (Å²) < 4.78 is 10.3. The van der Waals surface area contributed by atoms with Crippen LogP contribution in [0.5, 0.6) is 5.75 Å². The third-order valence-electron chi connectivity index (χ3n) is 4.51. The van der Waals surface area contributed by atoms with E-state index in [1.165, 1.54) is 4.57 Å². The Balaban J connectivity index is 2.20. The summed E-state index contributed by atoms with van der Waals surface area (Å²) in [5, 5.41) is 0.641. The standard InChI is InChI=1S/C22H26ClN5O2S/c1-14(2)27-21(29)28(24)20(25-18-9-11-19(12-10-18)30-15(3)4)26(22(27)31)13-16-5-7-17(23)8-6-16/h5-12,14-15H,13,24H2,1-4H3/b25-20-. The Labute approximate surface area is 191 Å². The molecule has 2 N–H and O–H groups in total. The van der Waals surface area contributed by atoms with Gasteiger partial charge >= 0.3 is 5.69 Å². The van der Waals surface area contributed by atoms with E-state index in [1.807, 2.05) is 52.0 Å². The fraction of sp³-hybridized carbons (Fsp3) is 0.318. The average molecular weight is 460 g/mol. The molecule has 0 radical (unpaired) electrons. The Morgan fingerprint density at radius 2 is 1.68 bits per heavy atom. The number of nitrogen functional groups attached to an aromatic ring is 1. The summed E-state index contributed by atoms with van der Waals surface area (Å²) in [5.74, 6) is 6.93. The Morgan fingerprint density at radius 1 is 1.06 bits per heavy atom. The second-order valence-corrected chi connectivity index (χ2v) is 8.49. The number of aromatic nitrogens is 3. The smallest absolute Gasteiger partial charge is 0.352 e. The van der Waals surface area contributed by atoms with E-state index in [-0.39, 0.29) is 17.8 Å². The molecule has 3 rings (SSSR count). The minimum absolute atomic E-state index is 0.0712. The van der Waals surface area contributed by atoms with Crippen LogP contribution >= 0.6 is 23.8 Å². The van der Waals surface area contributed by atoms with E-state index < -0.39 is 5.69 Å². The summed E-state index contributed by atoms with van der Waals surface area (Å²) in [7, 11) is 0. The van der Waals surface area contributed by atoms with Crippen molar-refractivity contribution >= 4 is 29.5 Å². The molecule has 3 aromatic rings. The third kappa shape index (κ3) is 5.26. The second-order valence-electron chi connectivity index (χ2n) is 7.68. The quantitative estimate of drug-likeness (QED) is 0.442. The second kappa shape index (κ2) is 9.53. The van der Waals surface area contributed by atoms with Crippen molar-refractivity contribution in [2.24, 2.45) is 4.99 Å². The molecule has 7 nitrogen and oxygen atoms in total. The molecule has 0 aliphatic rings. The van der Waals surface area contributed by atoms with Gasteiger partial charge in [0, 0.05) is 11.1 Å². The van der Waals surface area contributed by atoms with Gasteiger partial charge in [-0.05, 0) is 81.9 Å². The molecule has 0 spiro atoms. The van der Waals surface area contributed by atoms with Crippen molar-refractivity contribution in [3.8, 4) is 5.75 Å². The molecule has 1 aromatic heterocycles. The van der Waals surface area contributed by atoms with Gasteiger partial charge in [-0.1, -0.05) is 23.7 Å². The summed E-state index contributed by atoms with van der Waals surface area (Å²) in [4.78, 5) is 17.5. The maximum absolute atomic E-state index is 12.9. The summed E-state index contributed by atoms with van der Waals surface area (Å²) >= 11 is 11.7. The van der Waals surface area contributed by atoms with Crippen LogP contribution in [0.25, 0.3) is 0 Å². The minimum atomic E-state index is -0.425. The highest BCUT2D eigenvalue weighted by molar-refractivity contribution is 7.71. The zero-order valence-electron chi connectivity index (χ0n) is 17.9. The summed E-state index contributed by atoms with van der Waals surface area (Å²) in [6.07, 6.45) is 0.0712. The molecule has 9 heteroatoms. The van der Waals surface area contributed by atoms with Crippen LogP contribution in [0.3, 0.4) is 0 Å². The SMILES string of the molecule is CC(C)Oc1ccc(/N=c2\n(N)c(=O)n(C(C)C)c(=S)n2Cc2ccc(Cl)cc2)cc1. The number of hydrogen-bond donors (Lipinski definition) is 1. The van der Waals surface area contributed by atoms with Crippen molar-refractivity contribution in [1.29, 1.82) is 0 Å². The lowest BCUT2D eigenvalue weighted by atomic mass is 10.2. The van der Waals surface area contributed by atoms with E-state index >= 15 is 0 Å². The van der Waals surface area contributed by atoms with E-state index in [4.69, 9.17) is 34.4 Å². The number of halogens is 1. The van der Waals surface area contributed by atoms with Crippen LogP contribution in [0.15, 0.2) is 58.3 Å². The summed E-state index contributed by atoms with van der Waals surface area (Å²) in [5.41, 5.74) is 1.40. The predicted molar refractivity (Wildman–Crippen MR) is 126 cm³/mol. The number of hydrogen-bond acceptors (Lipinski definition) is 5. The third-order valence-corrected chi connectivity index (χ3v) is 5.18. The molecule has 0 aliphatic heterocycles. The van der Waals surface area contributed by atoms with Crippen LogP contribution < -0.4 is 21.9 Å². The number of rotatable bonds is 6. The first-order chi connectivity index (χ1) is 14.7. The number of nitrogens with zero attached hydrogens (tertiary/aromatic N) is 4. The Morgan fingerprint density at radius 3 is 2.23 bits per heavy atom. The number of benzene rings is 2. The van der Waals surface area contributed by atoms with E-state index in [0.29, 0.717) is 22.0 Å². The molecular formula is C22H26ClN5O2S. The molecule has 31 heavy (non-hydrogen) atoms. The fourth-order valence-electron chi connectivity index (χ4n) is 3.08. The van der Waals surface area contributed by atoms with Crippen molar-refractivity contribution < 1.29 is 4.74 Å². The van der Waals surface area contributed by atoms with E-state index in [9.17, 15) is 4.79 Å². The van der Waals surface area contributed by atoms with Gasteiger partial charge in [-0.2, -0.15) is 4.68 Å². The summed E-state index contributed by atoms with van der Waals surface area (Å²) in [6, 6.07) is 14.5. The number of nitrogens with two attached hydrogens (primary N) is 1. The first kappa shape index (κ1) is 22.8. The largest absolute Gasteiger partial charge is 0.491 e. The molecule has 0 atom stereocenters. The minimum Gasteiger partial charge on any atom is -0.491 e. The predicted octanol–water partition coefficient (Wildman–Crippen LogP) is 4.20. The molecule has 0 saturated carbocycles. The van der Waals surface area contributed by atoms with Gasteiger partial charge < -0.3 is 10.6 Å². The highest BCUT2D eigenvalue weighted by Crippen LogP contribution is 2.18. The molecule has 0 aliphatic carbocycles. The van der Waals surface area contributed by atoms with Crippen molar-refractivity contribution in [2.75, 3.05) is 5.84 Å². The van der Waals surface area contributed by atoms with Gasteiger partial charge in [0.05, 0.1) is 18.3 Å². The maximum Gasteiger partial charge on any atom is 0.352 e. The average Bonchev–Trinajstić information content (AvgIpc) is 2.71. The van der Waals surface area contributed by atoms with Crippen molar-refractivity contribution in [3.05, 3.63) is 80.0 Å². The zero-order chi connectivity index (χ0) is 22.7. The van der Waals surface area contributed by atoms with Gasteiger partial charge in [0.15, 0.2) is 4.77 Å². The van der Waals surface area contributed by atoms with Crippen LogP contribution in [0.1, 0.15) is 39.3 Å². The highest BCUT2D eigenvalue weighted by Gasteiger charge is 2.13. The fourth-order valence-corrected chi connectivity index (χ4v) is 3.64. The van der Waals surface area contributed by atoms with Crippen molar-refractivity contribution in [2.45, 2.75) is 46.4 Å². The monoisotopic (exact) mass is 459 g/mol. The van der Waals surface area contributed by atoms with Gasteiger partial charge in [0.1, 0.15) is 5.75 Å². The normalized spacial score (nSPS) is 12.0. The van der Waals surface area contributed by atoms with Crippen LogP contribution in [0.4, 0.5) is 5.69 Å². The van der Waals surface area contributed by atoms with E-state index in [1.54, 1.807) is 28.8 Å². The van der Waals surface area contributed by atoms with Crippen LogP contribution in [-0.2, 0) is 6.54 Å². The first-order valence-corrected chi connectivity index (χ1v) is 10.8. The van der Waals surface area contributed by atoms with Gasteiger partial charge in [-0.3, -0.25) is 9.13 Å². The molecule has 0 unspecified atom stereocenters. The molecule has 1 heterocycles. The Kier molecular flexibility index (Phi) is 7.02. The van der Waals surface area contributed by atoms with Crippen molar-refractivity contribution in [3.63, 3.8) is 0 Å². The Bertz CT molecular complexity index is 1240. The lowest BCUT2D eigenvalue weighted by Gasteiger charge is -2.18. The lowest BCUT2D eigenvalue weighted by molar-refractivity contribution is 0.242. The zero-order valence-corrected chi connectivity index (χ0v) is 19.5. The van der Waals surface area contributed by atoms with E-state index in [2.05, 4.69) is 4.99 Å². The van der Waals surface area contributed by atoms with Gasteiger partial charge in [0.25, 0.3) is 0 Å². The van der Waals surface area contributed by atoms with Crippen LogP contribution in [0, 0.1) is 4.77 Å². The van der Waals surface area contributed by atoms with E-state index in [0.717, 1.165) is 16.0 Å². The van der Waals surface area contributed by atoms with Gasteiger partial charge in [-0.15, -0.1) is 0 Å². The first-order valence-electron chi connectivity index (χ1n) is 9.96.